The van der Waals surface area contributed by atoms with Gasteiger partial charge in [-0.3, -0.25) is 4.79 Å². The summed E-state index contributed by atoms with van der Waals surface area (Å²) in [6.45, 7) is 2.53. The molecule has 5 heteroatoms. The summed E-state index contributed by atoms with van der Waals surface area (Å²) in [6, 6.07) is 7.38. The van der Waals surface area contributed by atoms with Crippen molar-refractivity contribution in [2.24, 2.45) is 0 Å². The minimum absolute atomic E-state index is 0.184. The molecule has 0 saturated carbocycles. The third kappa shape index (κ3) is 3.42. The van der Waals surface area contributed by atoms with Crippen LogP contribution in [0.3, 0.4) is 0 Å². The highest BCUT2D eigenvalue weighted by molar-refractivity contribution is 5.92. The predicted octanol–water partition coefficient (Wildman–Crippen LogP) is 2.59. The van der Waals surface area contributed by atoms with Crippen molar-refractivity contribution >= 4 is 11.6 Å². The van der Waals surface area contributed by atoms with Crippen LogP contribution in [-0.2, 0) is 6.54 Å². The molecular formula is C16H19N3O2. The van der Waals surface area contributed by atoms with Gasteiger partial charge in [-0.15, -0.1) is 0 Å². The molecule has 110 valence electrons. The van der Waals surface area contributed by atoms with Crippen molar-refractivity contribution in [2.45, 2.75) is 25.8 Å². The number of hydrogen-bond donors (Lipinski definition) is 1. The Balaban J connectivity index is 1.59. The number of amides is 1. The zero-order chi connectivity index (χ0) is 14.5. The van der Waals surface area contributed by atoms with Gasteiger partial charge in [-0.1, -0.05) is 0 Å². The Bertz CT molecular complexity index is 572. The fourth-order valence-corrected chi connectivity index (χ4v) is 2.53. The van der Waals surface area contributed by atoms with Crippen LogP contribution in [0.4, 0.5) is 5.69 Å². The van der Waals surface area contributed by atoms with Crippen molar-refractivity contribution in [1.29, 1.82) is 0 Å². The molecule has 1 aliphatic rings. The summed E-state index contributed by atoms with van der Waals surface area (Å²) in [6.07, 6.45) is 7.13. The van der Waals surface area contributed by atoms with Crippen LogP contribution in [0, 0.1) is 0 Å². The van der Waals surface area contributed by atoms with Crippen LogP contribution in [0.25, 0.3) is 0 Å². The normalized spacial score (nSPS) is 15.0. The van der Waals surface area contributed by atoms with Gasteiger partial charge in [0.05, 0.1) is 24.7 Å². The predicted molar refractivity (Wildman–Crippen MR) is 80.2 cm³/mol. The van der Waals surface area contributed by atoms with E-state index in [1.165, 1.54) is 19.3 Å². The van der Waals surface area contributed by atoms with Gasteiger partial charge < -0.3 is 14.6 Å². The standard InChI is InChI=1S/C16H19N3O2/c20-16(18-12-14-5-4-10-21-14)15-7-6-13(11-17-15)19-8-2-1-3-9-19/h4-7,10-11H,1-3,8-9,12H2,(H,18,20). The highest BCUT2D eigenvalue weighted by atomic mass is 16.3. The second-order valence-electron chi connectivity index (χ2n) is 5.21. The molecule has 2 aromatic rings. The van der Waals surface area contributed by atoms with Gasteiger partial charge in [0.15, 0.2) is 0 Å². The van der Waals surface area contributed by atoms with E-state index in [9.17, 15) is 4.79 Å². The molecule has 1 saturated heterocycles. The molecule has 0 atom stereocenters. The second-order valence-corrected chi connectivity index (χ2v) is 5.21. The number of carbonyl (C=O) groups is 1. The number of anilines is 1. The molecule has 2 aromatic heterocycles. The van der Waals surface area contributed by atoms with E-state index in [-0.39, 0.29) is 5.91 Å². The quantitative estimate of drug-likeness (QED) is 0.938. The maximum absolute atomic E-state index is 12.0. The van der Waals surface area contributed by atoms with Gasteiger partial charge in [0.2, 0.25) is 0 Å². The van der Waals surface area contributed by atoms with Gasteiger partial charge >= 0.3 is 0 Å². The van der Waals surface area contributed by atoms with E-state index >= 15 is 0 Å². The molecule has 0 aromatic carbocycles. The lowest BCUT2D eigenvalue weighted by molar-refractivity contribution is 0.0943. The SMILES string of the molecule is O=C(NCc1ccco1)c1ccc(N2CCCCC2)cn1. The third-order valence-electron chi connectivity index (χ3n) is 3.70. The topological polar surface area (TPSA) is 58.4 Å². The Hall–Kier alpha value is -2.30. The number of furan rings is 1. The monoisotopic (exact) mass is 285 g/mol. The van der Waals surface area contributed by atoms with Gasteiger partial charge in [0.25, 0.3) is 5.91 Å². The molecule has 1 aliphatic heterocycles. The van der Waals surface area contributed by atoms with Crippen molar-refractivity contribution < 1.29 is 9.21 Å². The number of piperidine rings is 1. The van der Waals surface area contributed by atoms with E-state index in [0.29, 0.717) is 12.2 Å². The Morgan fingerprint density at radius 2 is 2.10 bits per heavy atom. The van der Waals surface area contributed by atoms with Gasteiger partial charge in [0, 0.05) is 13.1 Å². The second kappa shape index (κ2) is 6.43. The third-order valence-corrected chi connectivity index (χ3v) is 3.70. The van der Waals surface area contributed by atoms with Gasteiger partial charge in [-0.25, -0.2) is 4.98 Å². The Labute approximate surface area is 124 Å². The Morgan fingerprint density at radius 3 is 2.76 bits per heavy atom. The van der Waals surface area contributed by atoms with Crippen molar-refractivity contribution in [1.82, 2.24) is 10.3 Å². The summed E-state index contributed by atoms with van der Waals surface area (Å²) in [5, 5.41) is 2.79. The summed E-state index contributed by atoms with van der Waals surface area (Å²) in [7, 11) is 0. The maximum Gasteiger partial charge on any atom is 0.270 e. The molecule has 0 spiro atoms. The first kappa shape index (κ1) is 13.7. The molecule has 0 aliphatic carbocycles. The van der Waals surface area contributed by atoms with Crippen molar-refractivity contribution in [2.75, 3.05) is 18.0 Å². The lowest BCUT2D eigenvalue weighted by Gasteiger charge is -2.28. The summed E-state index contributed by atoms with van der Waals surface area (Å²) in [5.41, 5.74) is 1.53. The molecule has 21 heavy (non-hydrogen) atoms. The first-order chi connectivity index (χ1) is 10.3. The van der Waals surface area contributed by atoms with Crippen LogP contribution in [0.5, 0.6) is 0 Å². The van der Waals surface area contributed by atoms with Crippen LogP contribution < -0.4 is 10.2 Å². The molecule has 1 fully saturated rings. The van der Waals surface area contributed by atoms with Crippen molar-refractivity contribution in [3.63, 3.8) is 0 Å². The van der Waals surface area contributed by atoms with Gasteiger partial charge in [-0.2, -0.15) is 0 Å². The fraction of sp³-hybridized carbons (Fsp3) is 0.375. The largest absolute Gasteiger partial charge is 0.467 e. The number of carbonyl (C=O) groups excluding carboxylic acids is 1. The van der Waals surface area contributed by atoms with Crippen LogP contribution in [0.15, 0.2) is 41.1 Å². The molecule has 0 radical (unpaired) electrons. The smallest absolute Gasteiger partial charge is 0.270 e. The number of nitrogens with zero attached hydrogens (tertiary/aromatic N) is 2. The van der Waals surface area contributed by atoms with E-state index in [1.807, 2.05) is 12.1 Å². The minimum atomic E-state index is -0.184. The zero-order valence-corrected chi connectivity index (χ0v) is 11.9. The highest BCUT2D eigenvalue weighted by Crippen LogP contribution is 2.18. The van der Waals surface area contributed by atoms with Gasteiger partial charge in [0.1, 0.15) is 11.5 Å². The number of pyridine rings is 1. The summed E-state index contributed by atoms with van der Waals surface area (Å²) in [4.78, 5) is 18.6. The highest BCUT2D eigenvalue weighted by Gasteiger charge is 2.13. The van der Waals surface area contributed by atoms with Crippen LogP contribution >= 0.6 is 0 Å². The average Bonchev–Trinajstić information content (AvgIpc) is 3.07. The summed E-state index contributed by atoms with van der Waals surface area (Å²) < 4.78 is 5.18. The lowest BCUT2D eigenvalue weighted by Crippen LogP contribution is -2.29. The molecular weight excluding hydrogens is 266 g/mol. The zero-order valence-electron chi connectivity index (χ0n) is 11.9. The van der Waals surface area contributed by atoms with Gasteiger partial charge in [-0.05, 0) is 43.5 Å². The van der Waals surface area contributed by atoms with Crippen LogP contribution in [-0.4, -0.2) is 24.0 Å². The maximum atomic E-state index is 12.0. The minimum Gasteiger partial charge on any atom is -0.467 e. The lowest BCUT2D eigenvalue weighted by atomic mass is 10.1. The van der Waals surface area contributed by atoms with E-state index in [1.54, 1.807) is 24.6 Å². The van der Waals surface area contributed by atoms with Crippen LogP contribution in [0.2, 0.25) is 0 Å². The molecule has 5 nitrogen and oxygen atoms in total. The summed E-state index contributed by atoms with van der Waals surface area (Å²) >= 11 is 0. The molecule has 3 heterocycles. The molecule has 0 bridgehead atoms. The first-order valence-corrected chi connectivity index (χ1v) is 7.34. The van der Waals surface area contributed by atoms with E-state index < -0.39 is 0 Å². The summed E-state index contributed by atoms with van der Waals surface area (Å²) in [5.74, 6) is 0.546. The van der Waals surface area contributed by atoms with E-state index in [0.717, 1.165) is 24.5 Å². The molecule has 3 rings (SSSR count). The van der Waals surface area contributed by atoms with E-state index in [2.05, 4.69) is 15.2 Å². The number of nitrogens with one attached hydrogen (secondary N) is 1. The van der Waals surface area contributed by atoms with Crippen molar-refractivity contribution in [3.05, 3.63) is 48.2 Å². The first-order valence-electron chi connectivity index (χ1n) is 7.34. The molecule has 1 N–H and O–H groups in total. The Morgan fingerprint density at radius 1 is 1.24 bits per heavy atom. The van der Waals surface area contributed by atoms with E-state index in [4.69, 9.17) is 4.42 Å². The molecule has 0 unspecified atom stereocenters. The number of hydrogen-bond acceptors (Lipinski definition) is 4. The van der Waals surface area contributed by atoms with Crippen molar-refractivity contribution in [3.8, 4) is 0 Å². The fourth-order valence-electron chi connectivity index (χ4n) is 2.53. The van der Waals surface area contributed by atoms with Crippen LogP contribution in [0.1, 0.15) is 35.5 Å². The number of rotatable bonds is 4. The number of aromatic nitrogens is 1. The average molecular weight is 285 g/mol. The Kier molecular flexibility index (Phi) is 4.19. The molecule has 1 amide bonds.